The molecule has 0 aromatic carbocycles. The minimum Gasteiger partial charge on any atom is -0.415 e. The van der Waals surface area contributed by atoms with Crippen molar-refractivity contribution in [3.63, 3.8) is 0 Å². The van der Waals surface area contributed by atoms with Crippen LogP contribution < -0.4 is 0 Å². The molecule has 4 atom stereocenters. The largest absolute Gasteiger partial charge is 0.415 e. The zero-order valence-electron chi connectivity index (χ0n) is 23.6. The Labute approximate surface area is 203 Å². The molecule has 192 valence electrons. The Morgan fingerprint density at radius 3 is 1.44 bits per heavy atom. The van der Waals surface area contributed by atoms with Gasteiger partial charge in [-0.05, 0) is 98.2 Å². The van der Waals surface area contributed by atoms with Crippen LogP contribution in [0.5, 0.6) is 0 Å². The van der Waals surface area contributed by atoms with Crippen molar-refractivity contribution in [2.45, 2.75) is 122 Å². The second-order valence-corrected chi connectivity index (χ2v) is 36.2. The molecule has 0 aromatic heterocycles. The normalized spacial score (nSPS) is 28.4. The van der Waals surface area contributed by atoms with Crippen molar-refractivity contribution in [1.82, 2.24) is 0 Å². The fourth-order valence-electron chi connectivity index (χ4n) is 3.44. The van der Waals surface area contributed by atoms with E-state index in [-0.39, 0.29) is 18.3 Å². The smallest absolute Gasteiger partial charge is 0.210 e. The maximum Gasteiger partial charge on any atom is 0.210 e. The Bertz CT molecular complexity index is 600. The molecule has 0 aromatic rings. The van der Waals surface area contributed by atoms with E-state index in [1.54, 1.807) is 0 Å². The Hall–Kier alpha value is 0.844. The summed E-state index contributed by atoms with van der Waals surface area (Å²) in [6, 6.07) is 0. The lowest BCUT2D eigenvalue weighted by atomic mass is 10.1. The number of ether oxygens (including phenoxy) is 1. The van der Waals surface area contributed by atoms with Crippen molar-refractivity contribution < 1.29 is 26.9 Å². The first kappa shape index (κ1) is 30.9. The Kier molecular flexibility index (Phi) is 10.1. The number of rotatable bonds is 12. The lowest BCUT2D eigenvalue weighted by molar-refractivity contribution is -0.229. The molecule has 1 saturated heterocycles. The molecule has 1 rings (SSSR count). The van der Waals surface area contributed by atoms with Crippen LogP contribution in [0.4, 0.5) is 0 Å². The minimum absolute atomic E-state index is 0.244. The summed E-state index contributed by atoms with van der Waals surface area (Å²) in [4.78, 5) is 0. The maximum absolute atomic E-state index is 6.85. The topological polar surface area (TPSA) is 55.4 Å². The molecule has 32 heavy (non-hydrogen) atoms. The van der Waals surface area contributed by atoms with E-state index < -0.39 is 47.4 Å². The molecule has 1 fully saturated rings. The first-order chi connectivity index (χ1) is 13.9. The molecule has 11 heteroatoms. The summed E-state index contributed by atoms with van der Waals surface area (Å²) in [5, 5.41) is 0. The summed E-state index contributed by atoms with van der Waals surface area (Å²) in [5.74, 6) is -0.983. The monoisotopic (exact) mass is 540 g/mol. The summed E-state index contributed by atoms with van der Waals surface area (Å²) < 4.78 is 40.1. The third kappa shape index (κ3) is 11.5. The van der Waals surface area contributed by atoms with Crippen molar-refractivity contribution in [1.29, 1.82) is 0 Å². The molecular weight excluding hydrogens is 489 g/mol. The van der Waals surface area contributed by atoms with Crippen LogP contribution in [0.2, 0.25) is 98.2 Å². The quantitative estimate of drug-likeness (QED) is 0.280. The van der Waals surface area contributed by atoms with Crippen LogP contribution in [-0.4, -0.2) is 78.9 Å². The highest BCUT2D eigenvalue weighted by molar-refractivity contribution is 6.71. The molecule has 0 saturated carbocycles. The second-order valence-electron chi connectivity index (χ2n) is 13.9. The van der Waals surface area contributed by atoms with E-state index in [0.717, 1.165) is 0 Å². The van der Waals surface area contributed by atoms with Gasteiger partial charge in [0, 0.05) is 0 Å². The van der Waals surface area contributed by atoms with Crippen molar-refractivity contribution >= 4 is 41.6 Å². The summed E-state index contributed by atoms with van der Waals surface area (Å²) in [6.45, 7) is 33.9. The van der Waals surface area contributed by atoms with E-state index in [4.69, 9.17) is 26.9 Å². The van der Waals surface area contributed by atoms with E-state index in [0.29, 0.717) is 13.2 Å². The van der Waals surface area contributed by atoms with Gasteiger partial charge >= 0.3 is 0 Å². The lowest BCUT2D eigenvalue weighted by Crippen LogP contribution is -2.59. The SMILES string of the molecule is C[Si](C)(C)OC[C@H]1OC(CO[Si](C)(C)C)(O[Si](C)(C)C)[C@@H](O[Si](C)(C)C)[C@H]1O[Si](C)(C)C. The summed E-state index contributed by atoms with van der Waals surface area (Å²) in [6.07, 6.45) is -0.845. The van der Waals surface area contributed by atoms with E-state index >= 15 is 0 Å². The van der Waals surface area contributed by atoms with E-state index in [1.165, 1.54) is 0 Å². The summed E-state index contributed by atoms with van der Waals surface area (Å²) in [5.41, 5.74) is 0. The van der Waals surface area contributed by atoms with Gasteiger partial charge in [-0.3, -0.25) is 0 Å². The van der Waals surface area contributed by atoms with Gasteiger partial charge in [-0.25, -0.2) is 0 Å². The average molecular weight is 541 g/mol. The van der Waals surface area contributed by atoms with Crippen molar-refractivity contribution in [3.05, 3.63) is 0 Å². The Morgan fingerprint density at radius 2 is 1.06 bits per heavy atom. The molecule has 0 aliphatic carbocycles. The number of hydrogen-bond acceptors (Lipinski definition) is 6. The van der Waals surface area contributed by atoms with Crippen molar-refractivity contribution in [2.75, 3.05) is 13.2 Å². The maximum atomic E-state index is 6.85. The lowest BCUT2D eigenvalue weighted by Gasteiger charge is -2.43. The zero-order chi connectivity index (χ0) is 25.4. The fourth-order valence-corrected chi connectivity index (χ4v) is 8.17. The van der Waals surface area contributed by atoms with E-state index in [1.807, 2.05) is 0 Å². The van der Waals surface area contributed by atoms with Crippen LogP contribution >= 0.6 is 0 Å². The molecule has 1 heterocycles. The van der Waals surface area contributed by atoms with E-state index in [2.05, 4.69) is 98.2 Å². The molecule has 0 radical (unpaired) electrons. The highest BCUT2D eigenvalue weighted by Gasteiger charge is 2.61. The van der Waals surface area contributed by atoms with Gasteiger partial charge in [-0.15, -0.1) is 0 Å². The Morgan fingerprint density at radius 1 is 0.594 bits per heavy atom. The van der Waals surface area contributed by atoms with Crippen LogP contribution in [0.15, 0.2) is 0 Å². The molecule has 0 amide bonds. The molecule has 1 aliphatic rings. The molecule has 0 N–H and O–H groups in total. The third-order valence-corrected chi connectivity index (χ3v) is 9.23. The van der Waals surface area contributed by atoms with Gasteiger partial charge < -0.3 is 26.9 Å². The highest BCUT2D eigenvalue weighted by atomic mass is 28.4. The second kappa shape index (κ2) is 10.4. The van der Waals surface area contributed by atoms with Crippen LogP contribution in [0.1, 0.15) is 0 Å². The first-order valence-corrected chi connectivity index (χ1v) is 29.0. The van der Waals surface area contributed by atoms with Crippen LogP contribution in [-0.2, 0) is 26.9 Å². The van der Waals surface area contributed by atoms with Crippen LogP contribution in [0.3, 0.4) is 0 Å². The van der Waals surface area contributed by atoms with Gasteiger partial charge in [-0.2, -0.15) is 0 Å². The fraction of sp³-hybridized carbons (Fsp3) is 1.00. The van der Waals surface area contributed by atoms with Gasteiger partial charge in [0.2, 0.25) is 5.79 Å². The van der Waals surface area contributed by atoms with Gasteiger partial charge in [0.15, 0.2) is 41.6 Å². The van der Waals surface area contributed by atoms with Gasteiger partial charge in [0.05, 0.1) is 13.2 Å². The summed E-state index contributed by atoms with van der Waals surface area (Å²) >= 11 is 0. The van der Waals surface area contributed by atoms with Gasteiger partial charge in [-0.1, -0.05) is 0 Å². The van der Waals surface area contributed by atoms with Crippen LogP contribution in [0.25, 0.3) is 0 Å². The predicted molar refractivity (Wildman–Crippen MR) is 147 cm³/mol. The minimum atomic E-state index is -2.02. The molecule has 1 unspecified atom stereocenters. The number of hydrogen-bond donors (Lipinski definition) is 0. The molecule has 1 aliphatic heterocycles. The highest BCUT2D eigenvalue weighted by Crippen LogP contribution is 2.42. The Balaban J connectivity index is 3.53. The molecular formula is C21H52O6Si5. The first-order valence-electron chi connectivity index (χ1n) is 11.9. The molecule has 6 nitrogen and oxygen atoms in total. The van der Waals surface area contributed by atoms with Crippen LogP contribution in [0, 0.1) is 0 Å². The standard InChI is InChI=1S/C21H52O6Si5/c1-28(2,3)22-16-18-19(25-30(7,8)9)20(26-31(10,11)12)21(24-18,27-32(13,14)15)17-23-29(4,5)6/h18-20H,16-17H2,1-15H3/t18-,19+,20+,21?/m1/s1. The third-order valence-electron chi connectivity index (χ3n) is 4.29. The van der Waals surface area contributed by atoms with E-state index in [9.17, 15) is 0 Å². The average Bonchev–Trinajstić information content (AvgIpc) is 2.71. The molecule has 0 bridgehead atoms. The zero-order valence-corrected chi connectivity index (χ0v) is 28.6. The predicted octanol–water partition coefficient (Wildman–Crippen LogP) is 6.08. The molecule has 0 spiro atoms. The van der Waals surface area contributed by atoms with Crippen molar-refractivity contribution in [2.24, 2.45) is 0 Å². The van der Waals surface area contributed by atoms with Gasteiger partial charge in [0.25, 0.3) is 0 Å². The summed E-state index contributed by atoms with van der Waals surface area (Å²) in [7, 11) is -9.43. The van der Waals surface area contributed by atoms with Crippen molar-refractivity contribution in [3.8, 4) is 0 Å². The van der Waals surface area contributed by atoms with Gasteiger partial charge in [0.1, 0.15) is 18.3 Å².